The molecule has 18 heavy (non-hydrogen) atoms. The monoisotopic (exact) mass is 253 g/mol. The number of hydrogen-bond acceptors (Lipinski definition) is 4. The van der Waals surface area contributed by atoms with Crippen molar-refractivity contribution in [1.29, 1.82) is 0 Å². The fourth-order valence-corrected chi connectivity index (χ4v) is 1.88. The van der Waals surface area contributed by atoms with Gasteiger partial charge in [0.1, 0.15) is 11.9 Å². The number of ether oxygens (including phenoxy) is 1. The van der Waals surface area contributed by atoms with Crippen LogP contribution in [0.3, 0.4) is 0 Å². The molecule has 4 N–H and O–H groups in total. The maximum Gasteiger partial charge on any atom is 0.220 e. The number of aryl methyl sites for hydroxylation is 2. The van der Waals surface area contributed by atoms with E-state index in [4.69, 9.17) is 10.5 Å². The largest absolute Gasteiger partial charge is 0.496 e. The second-order valence-corrected chi connectivity index (χ2v) is 4.36. The maximum atomic E-state index is 10.7. The van der Waals surface area contributed by atoms with E-state index < -0.39 is 18.1 Å². The van der Waals surface area contributed by atoms with Gasteiger partial charge in [-0.3, -0.25) is 4.79 Å². The lowest BCUT2D eigenvalue weighted by Crippen LogP contribution is -2.26. The number of nitrogens with two attached hydrogens (primary N) is 1. The van der Waals surface area contributed by atoms with Gasteiger partial charge in [0.05, 0.1) is 19.6 Å². The normalized spacial score (nSPS) is 14.1. The summed E-state index contributed by atoms with van der Waals surface area (Å²) >= 11 is 0. The molecule has 0 spiro atoms. The number of benzene rings is 1. The Kier molecular flexibility index (Phi) is 4.69. The van der Waals surface area contributed by atoms with Crippen molar-refractivity contribution in [2.24, 2.45) is 5.73 Å². The van der Waals surface area contributed by atoms with Crippen molar-refractivity contribution in [2.75, 3.05) is 7.11 Å². The van der Waals surface area contributed by atoms with Crippen LogP contribution in [0.5, 0.6) is 5.75 Å². The van der Waals surface area contributed by atoms with E-state index in [1.165, 1.54) is 0 Å². The number of hydrogen-bond donors (Lipinski definition) is 3. The molecule has 0 aliphatic carbocycles. The lowest BCUT2D eigenvalue weighted by atomic mass is 9.95. The van der Waals surface area contributed by atoms with Crippen LogP contribution >= 0.6 is 0 Å². The van der Waals surface area contributed by atoms with Crippen LogP contribution in [-0.4, -0.2) is 29.3 Å². The number of aliphatic hydroxyl groups is 2. The zero-order valence-corrected chi connectivity index (χ0v) is 10.8. The van der Waals surface area contributed by atoms with Gasteiger partial charge in [-0.25, -0.2) is 0 Å². The van der Waals surface area contributed by atoms with Crippen molar-refractivity contribution >= 4 is 5.91 Å². The molecule has 5 heteroatoms. The van der Waals surface area contributed by atoms with Gasteiger partial charge < -0.3 is 20.7 Å². The molecule has 0 radical (unpaired) electrons. The summed E-state index contributed by atoms with van der Waals surface area (Å²) in [6.45, 7) is 3.65. The Morgan fingerprint density at radius 1 is 1.33 bits per heavy atom. The van der Waals surface area contributed by atoms with E-state index >= 15 is 0 Å². The Labute approximate surface area is 106 Å². The smallest absolute Gasteiger partial charge is 0.220 e. The van der Waals surface area contributed by atoms with Crippen molar-refractivity contribution in [3.05, 3.63) is 28.8 Å². The molecule has 0 aromatic heterocycles. The number of carbonyl (C=O) groups is 1. The SMILES string of the molecule is COc1cc(C)c(C(O)C(O)CC(N)=O)cc1C. The molecule has 0 aliphatic heterocycles. The fourth-order valence-electron chi connectivity index (χ4n) is 1.88. The number of primary amides is 1. The van der Waals surface area contributed by atoms with Crippen LogP contribution in [-0.2, 0) is 4.79 Å². The number of carbonyl (C=O) groups excluding carboxylic acids is 1. The molecule has 100 valence electrons. The van der Waals surface area contributed by atoms with Gasteiger partial charge >= 0.3 is 0 Å². The molecule has 0 saturated carbocycles. The van der Waals surface area contributed by atoms with Crippen molar-refractivity contribution < 1.29 is 19.7 Å². The first-order valence-electron chi connectivity index (χ1n) is 5.66. The maximum absolute atomic E-state index is 10.7. The Morgan fingerprint density at radius 3 is 2.44 bits per heavy atom. The summed E-state index contributed by atoms with van der Waals surface area (Å²) in [7, 11) is 1.57. The number of rotatable bonds is 5. The fraction of sp³-hybridized carbons (Fsp3) is 0.462. The van der Waals surface area contributed by atoms with Crippen molar-refractivity contribution in [1.82, 2.24) is 0 Å². The van der Waals surface area contributed by atoms with Crippen molar-refractivity contribution in [3.8, 4) is 5.75 Å². The molecular formula is C13H19NO4. The lowest BCUT2D eigenvalue weighted by Gasteiger charge is -2.20. The molecule has 0 bridgehead atoms. The van der Waals surface area contributed by atoms with Gasteiger partial charge in [0.25, 0.3) is 0 Å². The summed E-state index contributed by atoms with van der Waals surface area (Å²) in [6, 6.07) is 3.52. The minimum atomic E-state index is -1.20. The third-order valence-electron chi connectivity index (χ3n) is 2.88. The second kappa shape index (κ2) is 5.84. The predicted octanol–water partition coefficient (Wildman–Crippen LogP) is 0.582. The molecule has 1 aromatic carbocycles. The first-order chi connectivity index (χ1) is 8.36. The minimum Gasteiger partial charge on any atom is -0.496 e. The number of aliphatic hydroxyl groups excluding tert-OH is 2. The third kappa shape index (κ3) is 3.21. The highest BCUT2D eigenvalue weighted by Crippen LogP contribution is 2.28. The molecule has 1 rings (SSSR count). The topological polar surface area (TPSA) is 92.8 Å². The van der Waals surface area contributed by atoms with Gasteiger partial charge in [0.15, 0.2) is 0 Å². The molecular weight excluding hydrogens is 234 g/mol. The van der Waals surface area contributed by atoms with Crippen LogP contribution < -0.4 is 10.5 Å². The van der Waals surface area contributed by atoms with Gasteiger partial charge in [-0.15, -0.1) is 0 Å². The molecule has 0 fully saturated rings. The molecule has 0 saturated heterocycles. The lowest BCUT2D eigenvalue weighted by molar-refractivity contribution is -0.121. The van der Waals surface area contributed by atoms with Crippen molar-refractivity contribution in [3.63, 3.8) is 0 Å². The van der Waals surface area contributed by atoms with E-state index in [-0.39, 0.29) is 6.42 Å². The quantitative estimate of drug-likeness (QED) is 0.715. The van der Waals surface area contributed by atoms with Crippen LogP contribution in [0.2, 0.25) is 0 Å². The molecule has 0 aliphatic rings. The second-order valence-electron chi connectivity index (χ2n) is 4.36. The first-order valence-corrected chi connectivity index (χ1v) is 5.66. The molecule has 2 unspecified atom stereocenters. The van der Waals surface area contributed by atoms with E-state index in [0.717, 1.165) is 11.1 Å². The average Bonchev–Trinajstić information content (AvgIpc) is 2.29. The zero-order valence-electron chi connectivity index (χ0n) is 10.8. The van der Waals surface area contributed by atoms with Gasteiger partial charge in [0.2, 0.25) is 5.91 Å². The van der Waals surface area contributed by atoms with Crippen LogP contribution in [0.25, 0.3) is 0 Å². The van der Waals surface area contributed by atoms with Crippen LogP contribution in [0.1, 0.15) is 29.2 Å². The summed E-state index contributed by atoms with van der Waals surface area (Å²) in [5, 5.41) is 19.7. The Morgan fingerprint density at radius 2 is 1.94 bits per heavy atom. The standard InChI is InChI=1S/C13H19NO4/c1-7-5-11(18-3)8(2)4-9(7)13(17)10(15)6-12(14)16/h4-5,10,13,15,17H,6H2,1-3H3,(H2,14,16). The average molecular weight is 253 g/mol. The molecule has 2 atom stereocenters. The summed E-state index contributed by atoms with van der Waals surface area (Å²) in [5.74, 6) is 0.0669. The van der Waals surface area contributed by atoms with Crippen molar-refractivity contribution in [2.45, 2.75) is 32.5 Å². The van der Waals surface area contributed by atoms with Crippen LogP contribution in [0, 0.1) is 13.8 Å². The Hall–Kier alpha value is -1.59. The van der Waals surface area contributed by atoms with Crippen LogP contribution in [0.15, 0.2) is 12.1 Å². The van der Waals surface area contributed by atoms with E-state index in [9.17, 15) is 15.0 Å². The highest BCUT2D eigenvalue weighted by Gasteiger charge is 2.22. The summed E-state index contributed by atoms with van der Waals surface area (Å²) in [4.78, 5) is 10.7. The van der Waals surface area contributed by atoms with E-state index in [2.05, 4.69) is 0 Å². The molecule has 1 amide bonds. The van der Waals surface area contributed by atoms with E-state index in [0.29, 0.717) is 11.3 Å². The zero-order chi connectivity index (χ0) is 13.9. The molecule has 1 aromatic rings. The predicted molar refractivity (Wildman–Crippen MR) is 67.2 cm³/mol. The molecule has 5 nitrogen and oxygen atoms in total. The molecule has 0 heterocycles. The third-order valence-corrected chi connectivity index (χ3v) is 2.88. The van der Waals surface area contributed by atoms with Crippen LogP contribution in [0.4, 0.5) is 0 Å². The Bertz CT molecular complexity index is 445. The van der Waals surface area contributed by atoms with E-state index in [1.807, 2.05) is 6.92 Å². The summed E-state index contributed by atoms with van der Waals surface area (Å²) < 4.78 is 5.17. The first kappa shape index (κ1) is 14.5. The minimum absolute atomic E-state index is 0.272. The van der Waals surface area contributed by atoms with E-state index in [1.54, 1.807) is 26.2 Å². The number of methoxy groups -OCH3 is 1. The highest BCUT2D eigenvalue weighted by atomic mass is 16.5. The van der Waals surface area contributed by atoms with Gasteiger partial charge in [-0.1, -0.05) is 0 Å². The Balaban J connectivity index is 3.02. The summed E-state index contributed by atoms with van der Waals surface area (Å²) in [6.07, 6.45) is -2.61. The number of amides is 1. The van der Waals surface area contributed by atoms with Gasteiger partial charge in [-0.05, 0) is 42.7 Å². The highest BCUT2D eigenvalue weighted by molar-refractivity contribution is 5.74. The van der Waals surface area contributed by atoms with Gasteiger partial charge in [-0.2, -0.15) is 0 Å². The van der Waals surface area contributed by atoms with Gasteiger partial charge in [0, 0.05) is 0 Å². The summed E-state index contributed by atoms with van der Waals surface area (Å²) in [5.41, 5.74) is 7.20.